The predicted octanol–water partition coefficient (Wildman–Crippen LogP) is 0.106. The van der Waals surface area contributed by atoms with Crippen molar-refractivity contribution in [1.29, 1.82) is 0 Å². The number of fused-ring (bicyclic) bond motifs is 3. The Morgan fingerprint density at radius 3 is 2.28 bits per heavy atom. The van der Waals surface area contributed by atoms with Crippen LogP contribution in [-0.2, 0) is 32.1 Å². The molecule has 2 unspecified atom stereocenters. The van der Waals surface area contributed by atoms with Crippen LogP contribution in [0.4, 0.5) is 0 Å². The molecular formula is C28H37N3O8. The number of nitrogens with zero attached hydrogens (tertiary/aromatic N) is 2. The molecule has 0 saturated heterocycles. The lowest BCUT2D eigenvalue weighted by molar-refractivity contribution is -0.181. The number of nitrogens with two attached hydrogens (primary N) is 1. The van der Waals surface area contributed by atoms with Crippen molar-refractivity contribution >= 4 is 29.0 Å². The molecule has 2 fully saturated rings. The van der Waals surface area contributed by atoms with Gasteiger partial charge in [0.05, 0.1) is 24.6 Å². The summed E-state index contributed by atoms with van der Waals surface area (Å²) in [7, 11) is 6.50. The number of hydrogen-bond donors (Lipinski definition) is 3. The van der Waals surface area contributed by atoms with Crippen LogP contribution in [0.2, 0.25) is 0 Å². The second-order valence-corrected chi connectivity index (χ2v) is 12.3. The van der Waals surface area contributed by atoms with Gasteiger partial charge in [0.2, 0.25) is 5.91 Å². The fraction of sp³-hybridized carbons (Fsp3) is 0.607. The van der Waals surface area contributed by atoms with Crippen molar-refractivity contribution in [1.82, 2.24) is 9.80 Å². The van der Waals surface area contributed by atoms with Crippen LogP contribution in [0.5, 0.6) is 11.5 Å². The Bertz CT molecular complexity index is 1280. The number of amides is 1. The zero-order valence-electron chi connectivity index (χ0n) is 23.4. The molecule has 212 valence electrons. The third-order valence-electron chi connectivity index (χ3n) is 8.85. The minimum atomic E-state index is -2.74. The quantitative estimate of drug-likeness (QED) is 0.434. The molecule has 1 aromatic rings. The van der Waals surface area contributed by atoms with Crippen molar-refractivity contribution in [2.75, 3.05) is 28.3 Å². The van der Waals surface area contributed by atoms with Crippen LogP contribution in [0.3, 0.4) is 0 Å². The number of hydrogen-bond acceptors (Lipinski definition) is 10. The third-order valence-corrected chi connectivity index (χ3v) is 8.85. The fourth-order valence-electron chi connectivity index (χ4n) is 6.58. The van der Waals surface area contributed by atoms with E-state index in [1.165, 1.54) is 18.1 Å². The van der Waals surface area contributed by atoms with E-state index in [4.69, 9.17) is 10.5 Å². The number of benzene rings is 1. The zero-order valence-corrected chi connectivity index (χ0v) is 23.4. The Balaban J connectivity index is 1.85. The number of aliphatic hydroxyl groups is 1. The number of aromatic hydroxyl groups is 1. The van der Waals surface area contributed by atoms with Crippen molar-refractivity contribution in [2.45, 2.75) is 57.3 Å². The highest BCUT2D eigenvalue weighted by molar-refractivity contribution is 6.32. The molecule has 6 atom stereocenters. The monoisotopic (exact) mass is 543 g/mol. The first-order chi connectivity index (χ1) is 18.0. The molecular weight excluding hydrogens is 506 g/mol. The molecule has 2 saturated carbocycles. The first-order valence-electron chi connectivity index (χ1n) is 13.0. The topological polar surface area (TPSA) is 168 Å². The lowest BCUT2D eigenvalue weighted by Gasteiger charge is -2.52. The molecule has 1 aromatic carbocycles. The van der Waals surface area contributed by atoms with Crippen LogP contribution in [0.1, 0.15) is 48.7 Å². The fourth-order valence-corrected chi connectivity index (χ4v) is 6.58. The first kappa shape index (κ1) is 28.8. The molecule has 11 nitrogen and oxygen atoms in total. The van der Waals surface area contributed by atoms with Crippen molar-refractivity contribution in [3.8, 4) is 11.5 Å². The van der Waals surface area contributed by atoms with Gasteiger partial charge in [0.15, 0.2) is 34.7 Å². The second kappa shape index (κ2) is 9.50. The average Bonchev–Trinajstić information content (AvgIpc) is 2.80. The third kappa shape index (κ3) is 4.18. The van der Waals surface area contributed by atoms with Gasteiger partial charge in [0, 0.05) is 29.1 Å². The summed E-state index contributed by atoms with van der Waals surface area (Å²) in [4.78, 5) is 69.9. The predicted molar refractivity (Wildman–Crippen MR) is 139 cm³/mol. The Kier molecular flexibility index (Phi) is 7.02. The van der Waals surface area contributed by atoms with E-state index in [9.17, 15) is 34.2 Å². The SMILES string of the molecule is COc1c(CN(C)C(C)(C)C)cc(O)c2c1C[C@H]1C[C@H]3[C@H](N(C)C)C(=O)C(C(N)=O)C(=O)[C@@]3(O)C(=O)C1C2=O. The van der Waals surface area contributed by atoms with Gasteiger partial charge in [-0.15, -0.1) is 0 Å². The lowest BCUT2D eigenvalue weighted by Crippen LogP contribution is -2.74. The number of ketones is 4. The van der Waals surface area contributed by atoms with Crippen LogP contribution >= 0.6 is 0 Å². The van der Waals surface area contributed by atoms with Crippen molar-refractivity contribution in [2.24, 2.45) is 29.4 Å². The number of phenols is 1. The number of rotatable bonds is 5. The van der Waals surface area contributed by atoms with E-state index in [2.05, 4.69) is 4.90 Å². The second-order valence-electron chi connectivity index (χ2n) is 12.3. The van der Waals surface area contributed by atoms with Crippen LogP contribution in [0.15, 0.2) is 6.07 Å². The number of carbonyl (C=O) groups is 5. The summed E-state index contributed by atoms with van der Waals surface area (Å²) in [5.74, 6) is -10.3. The maximum atomic E-state index is 13.9. The number of primary amides is 1. The number of phenolic OH excluding ortho intramolecular Hbond substituents is 1. The summed E-state index contributed by atoms with van der Waals surface area (Å²) in [6, 6.07) is 0.298. The van der Waals surface area contributed by atoms with E-state index in [-0.39, 0.29) is 29.7 Å². The van der Waals surface area contributed by atoms with Crippen molar-refractivity contribution in [3.05, 3.63) is 22.8 Å². The highest BCUT2D eigenvalue weighted by atomic mass is 16.5. The molecule has 39 heavy (non-hydrogen) atoms. The number of carbonyl (C=O) groups excluding carboxylic acids is 5. The van der Waals surface area contributed by atoms with Gasteiger partial charge in [-0.1, -0.05) is 0 Å². The zero-order chi connectivity index (χ0) is 29.4. The van der Waals surface area contributed by atoms with E-state index in [1.54, 1.807) is 14.1 Å². The number of methoxy groups -OCH3 is 1. The standard InChI is InChI=1S/C28H37N3O8/c1-27(2,3)31(6)11-13-10-16(32)18-14(23(13)39-7)8-12-9-15-20(30(4)5)22(34)19(26(29)37)25(36)28(15,38)24(35)17(12)21(18)33/h10,12,15,17,19-20,32,38H,8-9,11H2,1-7H3,(H2,29,37)/t12-,15-,17?,19?,20-,28-/m0/s1. The molecule has 0 aliphatic heterocycles. The van der Waals surface area contributed by atoms with Gasteiger partial charge < -0.3 is 20.7 Å². The molecule has 0 spiro atoms. The summed E-state index contributed by atoms with van der Waals surface area (Å²) in [6.45, 7) is 6.53. The van der Waals surface area contributed by atoms with Crippen molar-refractivity contribution in [3.63, 3.8) is 0 Å². The van der Waals surface area contributed by atoms with E-state index in [0.717, 1.165) is 0 Å². The summed E-state index contributed by atoms with van der Waals surface area (Å²) in [6.07, 6.45) is 0.134. The average molecular weight is 544 g/mol. The Hall–Kier alpha value is -3.15. The van der Waals surface area contributed by atoms with Crippen LogP contribution < -0.4 is 10.5 Å². The summed E-state index contributed by atoms with van der Waals surface area (Å²) in [5, 5.41) is 22.6. The molecule has 11 heteroatoms. The van der Waals surface area contributed by atoms with E-state index >= 15 is 0 Å². The molecule has 0 heterocycles. The molecule has 3 aliphatic rings. The van der Waals surface area contributed by atoms with Crippen molar-refractivity contribution < 1.29 is 38.9 Å². The lowest BCUT2D eigenvalue weighted by atomic mass is 9.52. The van der Waals surface area contributed by atoms with E-state index in [1.807, 2.05) is 27.8 Å². The Morgan fingerprint density at radius 1 is 1.15 bits per heavy atom. The van der Waals surface area contributed by atoms with Gasteiger partial charge in [0.1, 0.15) is 11.5 Å². The van der Waals surface area contributed by atoms with Gasteiger partial charge in [-0.05, 0) is 66.7 Å². The molecule has 1 amide bonds. The number of likely N-dealkylation sites (N-methyl/N-ethyl adjacent to an activating group) is 1. The highest BCUT2D eigenvalue weighted by Gasteiger charge is 2.69. The molecule has 0 radical (unpaired) electrons. The molecule has 4 rings (SSSR count). The Morgan fingerprint density at radius 2 is 1.77 bits per heavy atom. The summed E-state index contributed by atoms with van der Waals surface area (Å²) < 4.78 is 5.74. The minimum Gasteiger partial charge on any atom is -0.507 e. The molecule has 4 N–H and O–H groups in total. The maximum absolute atomic E-state index is 13.9. The summed E-state index contributed by atoms with van der Waals surface area (Å²) in [5.41, 5.74) is 3.44. The van der Waals surface area contributed by atoms with E-state index < -0.39 is 64.4 Å². The van der Waals surface area contributed by atoms with Gasteiger partial charge >= 0.3 is 0 Å². The van der Waals surface area contributed by atoms with Crippen LogP contribution in [-0.4, -0.2) is 94.5 Å². The molecule has 0 bridgehead atoms. The maximum Gasteiger partial charge on any atom is 0.235 e. The number of Topliss-reactive ketones (excluding diaryl/α,β-unsaturated/α-hetero) is 4. The first-order valence-corrected chi connectivity index (χ1v) is 13.0. The van der Waals surface area contributed by atoms with Gasteiger partial charge in [0.25, 0.3) is 0 Å². The van der Waals surface area contributed by atoms with Gasteiger partial charge in [-0.3, -0.25) is 33.8 Å². The van der Waals surface area contributed by atoms with Crippen LogP contribution in [0.25, 0.3) is 0 Å². The van der Waals surface area contributed by atoms with Gasteiger partial charge in [-0.2, -0.15) is 0 Å². The summed E-state index contributed by atoms with van der Waals surface area (Å²) >= 11 is 0. The minimum absolute atomic E-state index is 0.0140. The smallest absolute Gasteiger partial charge is 0.235 e. The number of ether oxygens (including phenoxy) is 1. The van der Waals surface area contributed by atoms with Gasteiger partial charge in [-0.25, -0.2) is 0 Å². The van der Waals surface area contributed by atoms with E-state index in [0.29, 0.717) is 23.4 Å². The normalized spacial score (nSPS) is 30.8. The van der Waals surface area contributed by atoms with Crippen LogP contribution in [0, 0.1) is 23.7 Å². The highest BCUT2D eigenvalue weighted by Crippen LogP contribution is 2.52. The molecule has 3 aliphatic carbocycles. The largest absolute Gasteiger partial charge is 0.507 e. The Labute approximate surface area is 227 Å². The molecule has 0 aromatic heterocycles.